The van der Waals surface area contributed by atoms with Crippen LogP contribution in [0.4, 0.5) is 5.95 Å². The number of piperazine rings is 1. The maximum atomic E-state index is 12.8. The normalized spacial score (nSPS) is 14.9. The van der Waals surface area contributed by atoms with E-state index in [0.717, 1.165) is 19.0 Å². The van der Waals surface area contributed by atoms with Gasteiger partial charge in [-0.1, -0.05) is 12.1 Å². The Morgan fingerprint density at radius 1 is 1.22 bits per heavy atom. The van der Waals surface area contributed by atoms with Gasteiger partial charge in [-0.3, -0.25) is 4.79 Å². The third-order valence-corrected chi connectivity index (χ3v) is 4.06. The van der Waals surface area contributed by atoms with Crippen LogP contribution in [0.3, 0.4) is 0 Å². The number of nitrogens with zero attached hydrogens (tertiary/aromatic N) is 4. The first-order chi connectivity index (χ1) is 11.2. The molecule has 1 aromatic carbocycles. The number of carbonyl (C=O) groups is 1. The number of ether oxygens (including phenoxy) is 1. The molecule has 122 valence electrons. The third kappa shape index (κ3) is 3.16. The van der Waals surface area contributed by atoms with Crippen molar-refractivity contribution < 1.29 is 9.53 Å². The minimum Gasteiger partial charge on any atom is -0.493 e. The van der Waals surface area contributed by atoms with Crippen molar-refractivity contribution in [2.45, 2.75) is 6.92 Å². The number of imidazole rings is 1. The smallest absolute Gasteiger partial charge is 0.257 e. The van der Waals surface area contributed by atoms with E-state index in [0.29, 0.717) is 31.0 Å². The molecule has 3 rings (SSSR count). The van der Waals surface area contributed by atoms with Crippen LogP contribution in [0.1, 0.15) is 17.3 Å². The summed E-state index contributed by atoms with van der Waals surface area (Å²) in [6.45, 7) is 5.42. The Morgan fingerprint density at radius 2 is 1.96 bits per heavy atom. The predicted octanol–water partition coefficient (Wildman–Crippen LogP) is 1.78. The van der Waals surface area contributed by atoms with Crippen molar-refractivity contribution in [3.63, 3.8) is 0 Å². The molecule has 23 heavy (non-hydrogen) atoms. The molecule has 0 unspecified atom stereocenters. The fraction of sp³-hybridized carbons (Fsp3) is 0.412. The number of aromatic nitrogens is 2. The van der Waals surface area contributed by atoms with E-state index < -0.39 is 0 Å². The second kappa shape index (κ2) is 6.73. The number of amides is 1. The highest BCUT2D eigenvalue weighted by molar-refractivity contribution is 5.97. The molecular weight excluding hydrogens is 292 g/mol. The molecule has 1 aliphatic rings. The maximum Gasteiger partial charge on any atom is 0.257 e. The summed E-state index contributed by atoms with van der Waals surface area (Å²) in [4.78, 5) is 21.2. The second-order valence-corrected chi connectivity index (χ2v) is 5.55. The van der Waals surface area contributed by atoms with Gasteiger partial charge < -0.3 is 19.1 Å². The summed E-state index contributed by atoms with van der Waals surface area (Å²) in [6, 6.07) is 7.44. The molecular formula is C17H22N4O2. The Labute approximate surface area is 136 Å². The predicted molar refractivity (Wildman–Crippen MR) is 88.9 cm³/mol. The number of anilines is 1. The Morgan fingerprint density at radius 3 is 2.61 bits per heavy atom. The topological polar surface area (TPSA) is 50.6 Å². The molecule has 1 amide bonds. The highest BCUT2D eigenvalue weighted by atomic mass is 16.5. The van der Waals surface area contributed by atoms with Crippen molar-refractivity contribution in [1.82, 2.24) is 14.5 Å². The fourth-order valence-electron chi connectivity index (χ4n) is 2.87. The quantitative estimate of drug-likeness (QED) is 0.863. The summed E-state index contributed by atoms with van der Waals surface area (Å²) in [6.07, 6.45) is 3.73. The molecule has 6 heteroatoms. The van der Waals surface area contributed by atoms with Gasteiger partial charge in [0.2, 0.25) is 5.95 Å². The van der Waals surface area contributed by atoms with E-state index in [1.165, 1.54) is 0 Å². The lowest BCUT2D eigenvalue weighted by atomic mass is 10.1. The van der Waals surface area contributed by atoms with Crippen LogP contribution in [-0.4, -0.2) is 53.1 Å². The number of hydrogen-bond acceptors (Lipinski definition) is 4. The molecule has 0 atom stereocenters. The number of aryl methyl sites for hydroxylation is 1. The van der Waals surface area contributed by atoms with Crippen molar-refractivity contribution in [2.75, 3.05) is 37.7 Å². The SMILES string of the molecule is CCOc1ccccc1C(=O)N1CCN(c2nccn2C)CC1. The monoisotopic (exact) mass is 314 g/mol. The van der Waals surface area contributed by atoms with Crippen LogP contribution in [0.25, 0.3) is 0 Å². The van der Waals surface area contributed by atoms with E-state index >= 15 is 0 Å². The van der Waals surface area contributed by atoms with Crippen molar-refractivity contribution in [1.29, 1.82) is 0 Å². The van der Waals surface area contributed by atoms with Gasteiger partial charge in [0.1, 0.15) is 5.75 Å². The van der Waals surface area contributed by atoms with Gasteiger partial charge in [0.25, 0.3) is 5.91 Å². The first kappa shape index (κ1) is 15.4. The number of benzene rings is 1. The Balaban J connectivity index is 1.68. The van der Waals surface area contributed by atoms with Gasteiger partial charge in [0.15, 0.2) is 0 Å². The summed E-state index contributed by atoms with van der Waals surface area (Å²) < 4.78 is 7.58. The lowest BCUT2D eigenvalue weighted by Gasteiger charge is -2.35. The minimum absolute atomic E-state index is 0.0357. The van der Waals surface area contributed by atoms with Crippen LogP contribution in [0, 0.1) is 0 Å². The molecule has 2 aromatic rings. The third-order valence-electron chi connectivity index (χ3n) is 4.06. The van der Waals surface area contributed by atoms with Crippen LogP contribution >= 0.6 is 0 Å². The molecule has 1 aromatic heterocycles. The van der Waals surface area contributed by atoms with Crippen LogP contribution < -0.4 is 9.64 Å². The summed E-state index contributed by atoms with van der Waals surface area (Å²) >= 11 is 0. The zero-order valence-electron chi connectivity index (χ0n) is 13.6. The lowest BCUT2D eigenvalue weighted by Crippen LogP contribution is -2.49. The molecule has 1 fully saturated rings. The number of para-hydroxylation sites is 1. The van der Waals surface area contributed by atoms with Gasteiger partial charge in [-0.2, -0.15) is 0 Å². The van der Waals surface area contributed by atoms with Crippen LogP contribution in [0.5, 0.6) is 5.75 Å². The van der Waals surface area contributed by atoms with Crippen LogP contribution in [-0.2, 0) is 7.05 Å². The van der Waals surface area contributed by atoms with Gasteiger partial charge in [0.05, 0.1) is 12.2 Å². The highest BCUT2D eigenvalue weighted by Crippen LogP contribution is 2.21. The van der Waals surface area contributed by atoms with E-state index in [2.05, 4.69) is 9.88 Å². The average molecular weight is 314 g/mol. The summed E-state index contributed by atoms with van der Waals surface area (Å²) in [5.74, 6) is 1.65. The van der Waals surface area contributed by atoms with Gasteiger partial charge in [0, 0.05) is 45.6 Å². The van der Waals surface area contributed by atoms with E-state index in [9.17, 15) is 4.79 Å². The number of hydrogen-bond donors (Lipinski definition) is 0. The lowest BCUT2D eigenvalue weighted by molar-refractivity contribution is 0.0742. The molecule has 6 nitrogen and oxygen atoms in total. The van der Waals surface area contributed by atoms with E-state index in [4.69, 9.17) is 4.74 Å². The van der Waals surface area contributed by atoms with Crippen molar-refractivity contribution in [3.8, 4) is 5.75 Å². The average Bonchev–Trinajstić information content (AvgIpc) is 3.01. The van der Waals surface area contributed by atoms with Crippen molar-refractivity contribution in [3.05, 3.63) is 42.2 Å². The first-order valence-corrected chi connectivity index (χ1v) is 7.94. The second-order valence-electron chi connectivity index (χ2n) is 5.55. The zero-order chi connectivity index (χ0) is 16.2. The van der Waals surface area contributed by atoms with Crippen molar-refractivity contribution in [2.24, 2.45) is 7.05 Å². The fourth-order valence-corrected chi connectivity index (χ4v) is 2.87. The highest BCUT2D eigenvalue weighted by Gasteiger charge is 2.25. The molecule has 2 heterocycles. The molecule has 0 bridgehead atoms. The summed E-state index contributed by atoms with van der Waals surface area (Å²) in [5.41, 5.74) is 0.639. The maximum absolute atomic E-state index is 12.8. The van der Waals surface area contributed by atoms with E-state index in [1.807, 2.05) is 53.9 Å². The number of carbonyl (C=O) groups excluding carboxylic acids is 1. The van der Waals surface area contributed by atoms with E-state index in [-0.39, 0.29) is 5.91 Å². The Kier molecular flexibility index (Phi) is 4.50. The van der Waals surface area contributed by atoms with Gasteiger partial charge in [-0.25, -0.2) is 4.98 Å². The van der Waals surface area contributed by atoms with Gasteiger partial charge in [-0.15, -0.1) is 0 Å². The Hall–Kier alpha value is -2.50. The molecule has 0 N–H and O–H groups in total. The number of rotatable bonds is 4. The van der Waals surface area contributed by atoms with E-state index in [1.54, 1.807) is 6.20 Å². The molecule has 0 radical (unpaired) electrons. The van der Waals surface area contributed by atoms with Gasteiger partial charge >= 0.3 is 0 Å². The van der Waals surface area contributed by atoms with Gasteiger partial charge in [-0.05, 0) is 19.1 Å². The van der Waals surface area contributed by atoms with Crippen LogP contribution in [0.2, 0.25) is 0 Å². The molecule has 0 saturated carbocycles. The summed E-state index contributed by atoms with van der Waals surface area (Å²) in [5, 5.41) is 0. The zero-order valence-corrected chi connectivity index (χ0v) is 13.6. The standard InChI is InChI=1S/C17H22N4O2/c1-3-23-15-7-5-4-6-14(15)16(22)20-10-12-21(13-11-20)17-18-8-9-19(17)2/h4-9H,3,10-13H2,1-2H3. The first-order valence-electron chi connectivity index (χ1n) is 7.94. The molecule has 0 spiro atoms. The molecule has 1 aliphatic heterocycles. The molecule has 1 saturated heterocycles. The van der Waals surface area contributed by atoms with Crippen molar-refractivity contribution >= 4 is 11.9 Å². The Bertz CT molecular complexity index is 675. The molecule has 0 aliphatic carbocycles. The van der Waals surface area contributed by atoms with Crippen LogP contribution in [0.15, 0.2) is 36.7 Å². The largest absolute Gasteiger partial charge is 0.493 e. The minimum atomic E-state index is 0.0357. The summed E-state index contributed by atoms with van der Waals surface area (Å²) in [7, 11) is 1.98.